The molecule has 0 radical (unpaired) electrons. The van der Waals surface area contributed by atoms with Crippen molar-refractivity contribution in [3.05, 3.63) is 0 Å². The molecule has 0 aliphatic carbocycles. The number of likely N-dealkylation sites (tertiary alicyclic amines) is 1. The standard InChI is InChI=1S/C12H25N3O/c1-14(2)11-3-5-15(7-11)9-12(8-13)4-6-16-10-12/h11H,3-10,13H2,1-2H3. The van der Waals surface area contributed by atoms with Crippen molar-refractivity contribution in [2.24, 2.45) is 11.1 Å². The van der Waals surface area contributed by atoms with Gasteiger partial charge in [0.1, 0.15) is 0 Å². The normalized spacial score (nSPS) is 36.4. The van der Waals surface area contributed by atoms with E-state index in [0.29, 0.717) is 0 Å². The molecule has 0 aromatic heterocycles. The summed E-state index contributed by atoms with van der Waals surface area (Å²) in [5, 5.41) is 0. The van der Waals surface area contributed by atoms with Gasteiger partial charge >= 0.3 is 0 Å². The molecule has 2 rings (SSSR count). The van der Waals surface area contributed by atoms with Crippen molar-refractivity contribution in [3.8, 4) is 0 Å². The Hall–Kier alpha value is -0.160. The van der Waals surface area contributed by atoms with E-state index in [1.54, 1.807) is 0 Å². The van der Waals surface area contributed by atoms with E-state index < -0.39 is 0 Å². The Kier molecular flexibility index (Phi) is 3.85. The summed E-state index contributed by atoms with van der Waals surface area (Å²) in [6.07, 6.45) is 2.42. The molecule has 4 heteroatoms. The average molecular weight is 227 g/mol. The number of likely N-dealkylation sites (N-methyl/N-ethyl adjacent to an activating group) is 1. The molecular weight excluding hydrogens is 202 g/mol. The van der Waals surface area contributed by atoms with E-state index in [1.165, 1.54) is 19.5 Å². The zero-order valence-corrected chi connectivity index (χ0v) is 10.6. The number of rotatable bonds is 4. The van der Waals surface area contributed by atoms with Gasteiger partial charge in [-0.2, -0.15) is 0 Å². The van der Waals surface area contributed by atoms with Crippen molar-refractivity contribution in [1.82, 2.24) is 9.80 Å². The third-order valence-corrected chi connectivity index (χ3v) is 4.15. The smallest absolute Gasteiger partial charge is 0.0547 e. The molecule has 2 heterocycles. The zero-order chi connectivity index (χ0) is 11.6. The third kappa shape index (κ3) is 2.56. The minimum atomic E-state index is 0.237. The highest BCUT2D eigenvalue weighted by Gasteiger charge is 2.37. The van der Waals surface area contributed by atoms with Crippen LogP contribution in [0, 0.1) is 5.41 Å². The Morgan fingerprint density at radius 2 is 2.31 bits per heavy atom. The molecule has 0 aromatic rings. The average Bonchev–Trinajstić information content (AvgIpc) is 2.88. The van der Waals surface area contributed by atoms with Gasteiger partial charge in [0.05, 0.1) is 6.61 Å². The van der Waals surface area contributed by atoms with Crippen molar-refractivity contribution in [1.29, 1.82) is 0 Å². The number of hydrogen-bond donors (Lipinski definition) is 1. The molecule has 0 amide bonds. The van der Waals surface area contributed by atoms with Crippen molar-refractivity contribution in [2.45, 2.75) is 18.9 Å². The van der Waals surface area contributed by atoms with Crippen LogP contribution in [0.1, 0.15) is 12.8 Å². The minimum Gasteiger partial charge on any atom is -0.381 e. The van der Waals surface area contributed by atoms with Gasteiger partial charge in [0.15, 0.2) is 0 Å². The van der Waals surface area contributed by atoms with E-state index in [0.717, 1.165) is 38.8 Å². The number of hydrogen-bond acceptors (Lipinski definition) is 4. The van der Waals surface area contributed by atoms with Crippen LogP contribution in [0.4, 0.5) is 0 Å². The maximum atomic E-state index is 5.92. The van der Waals surface area contributed by atoms with Crippen LogP contribution in [0.5, 0.6) is 0 Å². The van der Waals surface area contributed by atoms with Gasteiger partial charge in [-0.05, 0) is 33.5 Å². The molecule has 2 saturated heterocycles. The van der Waals surface area contributed by atoms with Crippen LogP contribution in [-0.4, -0.2) is 69.3 Å². The Bertz CT molecular complexity index is 226. The summed E-state index contributed by atoms with van der Waals surface area (Å²) in [5.74, 6) is 0. The lowest BCUT2D eigenvalue weighted by Crippen LogP contribution is -2.43. The van der Waals surface area contributed by atoms with Crippen molar-refractivity contribution in [2.75, 3.05) is 53.5 Å². The van der Waals surface area contributed by atoms with E-state index in [4.69, 9.17) is 10.5 Å². The van der Waals surface area contributed by atoms with Gasteiger partial charge in [-0.3, -0.25) is 0 Å². The fourth-order valence-corrected chi connectivity index (χ4v) is 2.85. The first-order valence-corrected chi connectivity index (χ1v) is 6.32. The quantitative estimate of drug-likeness (QED) is 0.733. The van der Waals surface area contributed by atoms with Gasteiger partial charge in [-0.25, -0.2) is 0 Å². The van der Waals surface area contributed by atoms with Crippen molar-refractivity contribution >= 4 is 0 Å². The lowest BCUT2D eigenvalue weighted by molar-refractivity contribution is 0.122. The van der Waals surface area contributed by atoms with Crippen molar-refractivity contribution in [3.63, 3.8) is 0 Å². The van der Waals surface area contributed by atoms with Crippen LogP contribution in [0.25, 0.3) is 0 Å². The van der Waals surface area contributed by atoms with E-state index in [2.05, 4.69) is 23.9 Å². The molecule has 2 aliphatic heterocycles. The molecule has 0 bridgehead atoms. The van der Waals surface area contributed by atoms with Gasteiger partial charge in [0.2, 0.25) is 0 Å². The molecule has 2 unspecified atom stereocenters. The Morgan fingerprint density at radius 1 is 1.50 bits per heavy atom. The summed E-state index contributed by atoms with van der Waals surface area (Å²) < 4.78 is 5.52. The molecule has 0 aromatic carbocycles. The Balaban J connectivity index is 1.86. The summed E-state index contributed by atoms with van der Waals surface area (Å²) >= 11 is 0. The molecule has 16 heavy (non-hydrogen) atoms. The fourth-order valence-electron chi connectivity index (χ4n) is 2.85. The molecule has 0 saturated carbocycles. The van der Waals surface area contributed by atoms with Crippen LogP contribution in [0.15, 0.2) is 0 Å². The minimum absolute atomic E-state index is 0.237. The van der Waals surface area contributed by atoms with Crippen LogP contribution in [0.3, 0.4) is 0 Å². The first kappa shape index (κ1) is 12.3. The summed E-state index contributed by atoms with van der Waals surface area (Å²) in [6, 6.07) is 0.720. The summed E-state index contributed by atoms with van der Waals surface area (Å²) in [5.41, 5.74) is 6.16. The predicted octanol–water partition coefficient (Wildman–Crippen LogP) is -0.0123. The van der Waals surface area contributed by atoms with E-state index in [1.807, 2.05) is 0 Å². The summed E-state index contributed by atoms with van der Waals surface area (Å²) in [6.45, 7) is 6.03. The summed E-state index contributed by atoms with van der Waals surface area (Å²) in [7, 11) is 4.34. The lowest BCUT2D eigenvalue weighted by Gasteiger charge is -2.31. The maximum absolute atomic E-state index is 5.92. The summed E-state index contributed by atoms with van der Waals surface area (Å²) in [4.78, 5) is 4.90. The van der Waals surface area contributed by atoms with Gasteiger partial charge < -0.3 is 20.3 Å². The van der Waals surface area contributed by atoms with Crippen LogP contribution in [0.2, 0.25) is 0 Å². The lowest BCUT2D eigenvalue weighted by atomic mass is 9.87. The molecule has 2 fully saturated rings. The van der Waals surface area contributed by atoms with Gasteiger partial charge in [-0.1, -0.05) is 0 Å². The first-order valence-electron chi connectivity index (χ1n) is 6.32. The van der Waals surface area contributed by atoms with E-state index in [9.17, 15) is 0 Å². The zero-order valence-electron chi connectivity index (χ0n) is 10.6. The molecular formula is C12H25N3O. The SMILES string of the molecule is CN(C)C1CCN(CC2(CN)CCOC2)C1. The van der Waals surface area contributed by atoms with Crippen LogP contribution in [-0.2, 0) is 4.74 Å². The predicted molar refractivity (Wildman–Crippen MR) is 65.5 cm³/mol. The third-order valence-electron chi connectivity index (χ3n) is 4.15. The van der Waals surface area contributed by atoms with Crippen LogP contribution < -0.4 is 5.73 Å². The molecule has 4 nitrogen and oxygen atoms in total. The Labute approximate surface area is 98.7 Å². The highest BCUT2D eigenvalue weighted by Crippen LogP contribution is 2.30. The second-order valence-electron chi connectivity index (χ2n) is 5.65. The van der Waals surface area contributed by atoms with E-state index >= 15 is 0 Å². The second kappa shape index (κ2) is 5.00. The number of nitrogens with zero attached hydrogens (tertiary/aromatic N) is 2. The van der Waals surface area contributed by atoms with E-state index in [-0.39, 0.29) is 5.41 Å². The van der Waals surface area contributed by atoms with Gasteiger partial charge in [0, 0.05) is 37.7 Å². The molecule has 0 spiro atoms. The molecule has 2 atom stereocenters. The second-order valence-corrected chi connectivity index (χ2v) is 5.65. The fraction of sp³-hybridized carbons (Fsp3) is 1.00. The first-order chi connectivity index (χ1) is 7.65. The number of ether oxygens (including phenoxy) is 1. The monoisotopic (exact) mass is 227 g/mol. The molecule has 2 aliphatic rings. The Morgan fingerprint density at radius 3 is 2.81 bits per heavy atom. The van der Waals surface area contributed by atoms with Gasteiger partial charge in [0.25, 0.3) is 0 Å². The van der Waals surface area contributed by atoms with Crippen LogP contribution >= 0.6 is 0 Å². The van der Waals surface area contributed by atoms with Crippen molar-refractivity contribution < 1.29 is 4.74 Å². The maximum Gasteiger partial charge on any atom is 0.0547 e. The molecule has 2 N–H and O–H groups in total. The highest BCUT2D eigenvalue weighted by molar-refractivity contribution is 4.91. The van der Waals surface area contributed by atoms with Gasteiger partial charge in [-0.15, -0.1) is 0 Å². The largest absolute Gasteiger partial charge is 0.381 e. The topological polar surface area (TPSA) is 41.7 Å². The number of nitrogens with two attached hydrogens (primary N) is 1. The molecule has 94 valence electrons. The highest BCUT2D eigenvalue weighted by atomic mass is 16.5.